The Balaban J connectivity index is 1.92. The molecule has 1 aromatic carbocycles. The molecule has 1 heterocycles. The first-order valence-electron chi connectivity index (χ1n) is 6.40. The Morgan fingerprint density at radius 3 is 2.75 bits per heavy atom. The first kappa shape index (κ1) is 13.6. The van der Waals surface area contributed by atoms with E-state index in [0.29, 0.717) is 22.6 Å². The van der Waals surface area contributed by atoms with Crippen LogP contribution in [0, 0.1) is 6.92 Å². The summed E-state index contributed by atoms with van der Waals surface area (Å²) >= 11 is 9.68. The Kier molecular flexibility index (Phi) is 3.56. The minimum Gasteiger partial charge on any atom is -0.384 e. The van der Waals surface area contributed by atoms with Crippen LogP contribution in [0.3, 0.4) is 0 Å². The summed E-state index contributed by atoms with van der Waals surface area (Å²) in [5.41, 5.74) is 7.72. The van der Waals surface area contributed by atoms with Crippen LogP contribution in [0.15, 0.2) is 22.7 Å². The van der Waals surface area contributed by atoms with Gasteiger partial charge in [-0.1, -0.05) is 11.6 Å². The maximum atomic E-state index is 6.16. The average molecular weight is 354 g/mol. The summed E-state index contributed by atoms with van der Waals surface area (Å²) in [6, 6.07) is 5.57. The van der Waals surface area contributed by atoms with Crippen molar-refractivity contribution in [2.75, 3.05) is 11.1 Å². The van der Waals surface area contributed by atoms with Gasteiger partial charge < -0.3 is 11.1 Å². The summed E-state index contributed by atoms with van der Waals surface area (Å²) in [6.07, 6.45) is 2.28. The number of nitrogens with one attached hydrogen (secondary N) is 1. The van der Waals surface area contributed by atoms with Gasteiger partial charge in [0.2, 0.25) is 0 Å². The maximum Gasteiger partial charge on any atom is 0.136 e. The van der Waals surface area contributed by atoms with Gasteiger partial charge in [0, 0.05) is 21.5 Å². The van der Waals surface area contributed by atoms with Crippen molar-refractivity contribution >= 4 is 44.9 Å². The normalized spacial score (nSPS) is 14.3. The average Bonchev–Trinajstić information content (AvgIpc) is 3.19. The molecule has 6 heteroatoms. The molecule has 0 saturated heterocycles. The lowest BCUT2D eigenvalue weighted by molar-refractivity contribution is 0.936. The predicted octanol–water partition coefficient (Wildman–Crippen LogP) is 4.40. The van der Waals surface area contributed by atoms with Gasteiger partial charge in [-0.2, -0.15) is 0 Å². The second kappa shape index (κ2) is 5.22. The van der Waals surface area contributed by atoms with Crippen LogP contribution in [0.4, 0.5) is 17.3 Å². The topological polar surface area (TPSA) is 63.8 Å². The zero-order valence-electron chi connectivity index (χ0n) is 11.0. The lowest BCUT2D eigenvalue weighted by Gasteiger charge is -2.11. The standard InChI is InChI=1S/C14H14BrClN4/c1-7-4-9(15)11(5-10(7)16)18-13-6-12(17)19-14(20-13)8-2-3-8/h4-6,8H,2-3H2,1H3,(H3,17,18,19,20). The Bertz CT molecular complexity index is 670. The highest BCUT2D eigenvalue weighted by molar-refractivity contribution is 9.10. The smallest absolute Gasteiger partial charge is 0.136 e. The number of nitrogen functional groups attached to an aromatic ring is 1. The summed E-state index contributed by atoms with van der Waals surface area (Å²) in [7, 11) is 0. The van der Waals surface area contributed by atoms with Crippen molar-refractivity contribution in [1.29, 1.82) is 0 Å². The van der Waals surface area contributed by atoms with Gasteiger partial charge in [-0.15, -0.1) is 0 Å². The van der Waals surface area contributed by atoms with Crippen LogP contribution >= 0.6 is 27.5 Å². The van der Waals surface area contributed by atoms with Crippen molar-refractivity contribution in [3.8, 4) is 0 Å². The molecule has 0 unspecified atom stereocenters. The van der Waals surface area contributed by atoms with Gasteiger partial charge in [0.25, 0.3) is 0 Å². The lowest BCUT2D eigenvalue weighted by atomic mass is 10.2. The van der Waals surface area contributed by atoms with Crippen molar-refractivity contribution in [2.24, 2.45) is 0 Å². The minimum atomic E-state index is 0.462. The molecule has 0 spiro atoms. The molecule has 1 aliphatic rings. The highest BCUT2D eigenvalue weighted by atomic mass is 79.9. The summed E-state index contributed by atoms with van der Waals surface area (Å²) in [4.78, 5) is 8.80. The number of anilines is 3. The molecule has 1 fully saturated rings. The van der Waals surface area contributed by atoms with E-state index in [1.807, 2.05) is 19.1 Å². The Hall–Kier alpha value is -1.33. The van der Waals surface area contributed by atoms with Gasteiger partial charge >= 0.3 is 0 Å². The number of aryl methyl sites for hydroxylation is 1. The monoisotopic (exact) mass is 352 g/mol. The summed E-state index contributed by atoms with van der Waals surface area (Å²) < 4.78 is 0.935. The Labute approximate surface area is 130 Å². The molecule has 1 aromatic heterocycles. The Morgan fingerprint density at radius 2 is 2.05 bits per heavy atom. The van der Waals surface area contributed by atoms with Crippen LogP contribution in [0.5, 0.6) is 0 Å². The fourth-order valence-corrected chi connectivity index (χ4v) is 2.67. The van der Waals surface area contributed by atoms with Crippen molar-refractivity contribution in [3.05, 3.63) is 39.1 Å². The molecule has 4 nitrogen and oxygen atoms in total. The predicted molar refractivity (Wildman–Crippen MR) is 85.6 cm³/mol. The molecule has 1 saturated carbocycles. The molecule has 2 aromatic rings. The van der Waals surface area contributed by atoms with Crippen LogP contribution in [0.25, 0.3) is 0 Å². The third kappa shape index (κ3) is 2.88. The van der Waals surface area contributed by atoms with Crippen LogP contribution in [0.1, 0.15) is 30.1 Å². The maximum absolute atomic E-state index is 6.16. The van der Waals surface area contributed by atoms with Gasteiger partial charge in [0.1, 0.15) is 17.5 Å². The zero-order valence-corrected chi connectivity index (χ0v) is 13.3. The van der Waals surface area contributed by atoms with E-state index in [2.05, 4.69) is 31.2 Å². The summed E-state index contributed by atoms with van der Waals surface area (Å²) in [5, 5.41) is 3.95. The number of benzene rings is 1. The van der Waals surface area contributed by atoms with Crippen molar-refractivity contribution in [3.63, 3.8) is 0 Å². The summed E-state index contributed by atoms with van der Waals surface area (Å²) in [6.45, 7) is 1.96. The molecule has 104 valence electrons. The Morgan fingerprint density at radius 1 is 1.30 bits per heavy atom. The second-order valence-electron chi connectivity index (χ2n) is 5.02. The fraction of sp³-hybridized carbons (Fsp3) is 0.286. The third-order valence-corrected chi connectivity index (χ3v) is 4.28. The van der Waals surface area contributed by atoms with Crippen LogP contribution in [0.2, 0.25) is 5.02 Å². The highest BCUT2D eigenvalue weighted by Gasteiger charge is 2.27. The van der Waals surface area contributed by atoms with Gasteiger partial charge in [0.15, 0.2) is 0 Å². The first-order valence-corrected chi connectivity index (χ1v) is 7.57. The lowest BCUT2D eigenvalue weighted by Crippen LogP contribution is -2.03. The van der Waals surface area contributed by atoms with Crippen LogP contribution in [-0.2, 0) is 0 Å². The molecular weight excluding hydrogens is 340 g/mol. The van der Waals surface area contributed by atoms with Crippen LogP contribution in [-0.4, -0.2) is 9.97 Å². The molecule has 3 rings (SSSR count). The van der Waals surface area contributed by atoms with Gasteiger partial charge in [-0.25, -0.2) is 9.97 Å². The number of hydrogen-bond donors (Lipinski definition) is 2. The number of hydrogen-bond acceptors (Lipinski definition) is 4. The minimum absolute atomic E-state index is 0.462. The van der Waals surface area contributed by atoms with Crippen LogP contribution < -0.4 is 11.1 Å². The van der Waals surface area contributed by atoms with E-state index >= 15 is 0 Å². The number of nitrogens with zero attached hydrogens (tertiary/aromatic N) is 2. The molecule has 20 heavy (non-hydrogen) atoms. The van der Waals surface area contributed by atoms with E-state index in [-0.39, 0.29) is 0 Å². The molecular formula is C14H14BrClN4. The molecule has 0 amide bonds. The molecule has 0 radical (unpaired) electrons. The van der Waals surface area contributed by atoms with E-state index in [9.17, 15) is 0 Å². The highest BCUT2D eigenvalue weighted by Crippen LogP contribution is 2.39. The molecule has 0 bridgehead atoms. The fourth-order valence-electron chi connectivity index (χ4n) is 1.95. The molecule has 3 N–H and O–H groups in total. The van der Waals surface area contributed by atoms with E-state index in [1.165, 1.54) is 0 Å². The first-order chi connectivity index (χ1) is 9.52. The SMILES string of the molecule is Cc1cc(Br)c(Nc2cc(N)nc(C3CC3)n2)cc1Cl. The number of halogens is 2. The molecule has 0 atom stereocenters. The quantitative estimate of drug-likeness (QED) is 0.858. The van der Waals surface area contributed by atoms with Crippen molar-refractivity contribution in [1.82, 2.24) is 9.97 Å². The molecule has 0 aliphatic heterocycles. The van der Waals surface area contributed by atoms with Gasteiger partial charge in [-0.3, -0.25) is 0 Å². The zero-order chi connectivity index (χ0) is 14.3. The van der Waals surface area contributed by atoms with Gasteiger partial charge in [0.05, 0.1) is 5.69 Å². The van der Waals surface area contributed by atoms with Crippen molar-refractivity contribution in [2.45, 2.75) is 25.7 Å². The van der Waals surface area contributed by atoms with E-state index in [0.717, 1.165) is 34.4 Å². The molecule has 1 aliphatic carbocycles. The van der Waals surface area contributed by atoms with Gasteiger partial charge in [-0.05, 0) is 53.4 Å². The van der Waals surface area contributed by atoms with E-state index in [1.54, 1.807) is 6.07 Å². The van der Waals surface area contributed by atoms with E-state index < -0.39 is 0 Å². The largest absolute Gasteiger partial charge is 0.384 e. The van der Waals surface area contributed by atoms with Crippen molar-refractivity contribution < 1.29 is 0 Å². The third-order valence-electron chi connectivity index (χ3n) is 3.22. The second-order valence-corrected chi connectivity index (χ2v) is 6.28. The number of rotatable bonds is 3. The summed E-state index contributed by atoms with van der Waals surface area (Å²) in [5.74, 6) is 2.46. The number of aromatic nitrogens is 2. The number of nitrogens with two attached hydrogens (primary N) is 1. The van der Waals surface area contributed by atoms with E-state index in [4.69, 9.17) is 17.3 Å².